The smallest absolute Gasteiger partial charge is 0.138 e. The minimum atomic E-state index is 0.674. The number of terminal acetylenes is 1. The molecule has 1 fully saturated rings. The summed E-state index contributed by atoms with van der Waals surface area (Å²) in [4.78, 5) is 21.5. The summed E-state index contributed by atoms with van der Waals surface area (Å²) in [7, 11) is 2.18. The molecule has 192 valence electrons. The minimum Gasteiger partial charge on any atom is -0.494 e. The van der Waals surface area contributed by atoms with Crippen molar-refractivity contribution in [2.24, 2.45) is 0 Å². The number of piperazine rings is 1. The number of benzene rings is 3. The molecule has 0 unspecified atom stereocenters. The molecule has 0 atom stereocenters. The van der Waals surface area contributed by atoms with Crippen molar-refractivity contribution in [1.82, 2.24) is 24.8 Å². The zero-order valence-electron chi connectivity index (χ0n) is 21.7. The van der Waals surface area contributed by atoms with Gasteiger partial charge in [-0.1, -0.05) is 0 Å². The number of unbranched alkanes of at least 4 members (excludes halogenated alkanes) is 2. The highest BCUT2D eigenvalue weighted by atomic mass is 16.5. The summed E-state index contributed by atoms with van der Waals surface area (Å²) >= 11 is 0. The lowest BCUT2D eigenvalue weighted by molar-refractivity contribution is 0.307. The number of nitrogens with one attached hydrogen (secondary N) is 2. The van der Waals surface area contributed by atoms with Crippen LogP contribution in [0.25, 0.3) is 44.8 Å². The van der Waals surface area contributed by atoms with Crippen LogP contribution in [0.15, 0.2) is 60.7 Å². The molecule has 0 aliphatic carbocycles. The molecule has 3 heterocycles. The first kappa shape index (κ1) is 24.1. The van der Waals surface area contributed by atoms with E-state index < -0.39 is 0 Å². The quantitative estimate of drug-likeness (QED) is 0.209. The summed E-state index contributed by atoms with van der Waals surface area (Å²) in [5, 5.41) is 0. The molecule has 7 heteroatoms. The number of hydrogen-bond donors (Lipinski definition) is 2. The van der Waals surface area contributed by atoms with E-state index in [1.165, 1.54) is 5.69 Å². The number of rotatable bonds is 8. The Bertz CT molecular complexity index is 1580. The van der Waals surface area contributed by atoms with Crippen molar-refractivity contribution in [3.05, 3.63) is 60.7 Å². The van der Waals surface area contributed by atoms with Crippen molar-refractivity contribution in [1.29, 1.82) is 0 Å². The molecule has 38 heavy (non-hydrogen) atoms. The summed E-state index contributed by atoms with van der Waals surface area (Å²) in [5.41, 5.74) is 7.22. The van der Waals surface area contributed by atoms with Gasteiger partial charge in [-0.05, 0) is 80.6 Å². The van der Waals surface area contributed by atoms with Crippen LogP contribution in [0.4, 0.5) is 5.69 Å². The highest BCUT2D eigenvalue weighted by Crippen LogP contribution is 2.29. The Kier molecular flexibility index (Phi) is 6.72. The molecule has 0 spiro atoms. The van der Waals surface area contributed by atoms with E-state index in [0.717, 1.165) is 96.0 Å². The topological polar surface area (TPSA) is 73.1 Å². The summed E-state index contributed by atoms with van der Waals surface area (Å²) in [6.45, 7) is 4.94. The third-order valence-corrected chi connectivity index (χ3v) is 7.20. The Labute approximate surface area is 222 Å². The molecule has 0 amide bonds. The lowest BCUT2D eigenvalue weighted by Crippen LogP contribution is -2.44. The number of anilines is 1. The standard InChI is InChI=1S/C31H32N6O/c1-3-4-5-6-19-38-25-11-7-22(8-12-25)30-32-26-13-9-23(20-28(26)34-30)31-33-27-14-10-24(21-29(27)35-31)37-17-15-36(2)16-18-37/h1,7-14,20-21H,4-6,15-19H2,2H3,(H,32,34)(H,33,35). The normalized spacial score (nSPS) is 14.3. The first-order chi connectivity index (χ1) is 18.7. The molecule has 5 aromatic rings. The highest BCUT2D eigenvalue weighted by molar-refractivity contribution is 5.87. The highest BCUT2D eigenvalue weighted by Gasteiger charge is 2.16. The van der Waals surface area contributed by atoms with E-state index in [1.54, 1.807) is 0 Å². The molecule has 6 rings (SSSR count). The van der Waals surface area contributed by atoms with Gasteiger partial charge in [0, 0.05) is 49.4 Å². The third-order valence-electron chi connectivity index (χ3n) is 7.20. The molecular formula is C31H32N6O. The molecule has 0 saturated carbocycles. The van der Waals surface area contributed by atoms with Gasteiger partial charge >= 0.3 is 0 Å². The molecule has 1 aliphatic rings. The average Bonchev–Trinajstić information content (AvgIpc) is 3.57. The number of hydrogen-bond acceptors (Lipinski definition) is 5. The van der Waals surface area contributed by atoms with Crippen LogP contribution in [0.3, 0.4) is 0 Å². The molecule has 3 aromatic carbocycles. The molecule has 1 saturated heterocycles. The fourth-order valence-electron chi connectivity index (χ4n) is 4.92. The maximum absolute atomic E-state index is 5.82. The van der Waals surface area contributed by atoms with Gasteiger partial charge in [0.05, 0.1) is 28.7 Å². The van der Waals surface area contributed by atoms with Crippen molar-refractivity contribution in [3.8, 4) is 40.9 Å². The average molecular weight is 505 g/mol. The third kappa shape index (κ3) is 5.09. The number of fused-ring (bicyclic) bond motifs is 2. The maximum atomic E-state index is 5.82. The fourth-order valence-corrected chi connectivity index (χ4v) is 4.92. The van der Waals surface area contributed by atoms with Crippen LogP contribution in [-0.4, -0.2) is 64.7 Å². The molecule has 2 N–H and O–H groups in total. The van der Waals surface area contributed by atoms with Crippen LogP contribution in [0.1, 0.15) is 19.3 Å². The summed E-state index contributed by atoms with van der Waals surface area (Å²) in [6, 6.07) is 20.8. The van der Waals surface area contributed by atoms with Crippen molar-refractivity contribution in [2.75, 3.05) is 44.7 Å². The monoisotopic (exact) mass is 504 g/mol. The Morgan fingerprint density at radius 2 is 1.47 bits per heavy atom. The van der Waals surface area contributed by atoms with Crippen LogP contribution >= 0.6 is 0 Å². The van der Waals surface area contributed by atoms with Gasteiger partial charge in [0.25, 0.3) is 0 Å². The lowest BCUT2D eigenvalue weighted by Gasteiger charge is -2.34. The predicted molar refractivity (Wildman–Crippen MR) is 155 cm³/mol. The molecule has 0 radical (unpaired) electrons. The van der Waals surface area contributed by atoms with Gasteiger partial charge in [-0.3, -0.25) is 0 Å². The SMILES string of the molecule is C#CCCCCOc1ccc(-c2nc3ccc(-c4nc5ccc(N6CCN(C)CC6)cc5[nH]4)cc3[nH]2)cc1. The van der Waals surface area contributed by atoms with E-state index in [-0.39, 0.29) is 0 Å². The van der Waals surface area contributed by atoms with E-state index in [2.05, 4.69) is 63.1 Å². The number of likely N-dealkylation sites (N-methyl/N-ethyl adjacent to an activating group) is 1. The molecule has 0 bridgehead atoms. The zero-order valence-corrected chi connectivity index (χ0v) is 21.7. The summed E-state index contributed by atoms with van der Waals surface area (Å²) in [5.74, 6) is 5.21. The molecule has 7 nitrogen and oxygen atoms in total. The summed E-state index contributed by atoms with van der Waals surface area (Å²) in [6.07, 6.45) is 8.04. The predicted octanol–water partition coefficient (Wildman–Crippen LogP) is 5.71. The Morgan fingerprint density at radius 1 is 0.816 bits per heavy atom. The maximum Gasteiger partial charge on any atom is 0.138 e. The molecule has 1 aliphatic heterocycles. The number of aromatic amines is 2. The summed E-state index contributed by atoms with van der Waals surface area (Å²) < 4.78 is 5.82. The first-order valence-electron chi connectivity index (χ1n) is 13.3. The Morgan fingerprint density at radius 3 is 2.21 bits per heavy atom. The van der Waals surface area contributed by atoms with Gasteiger partial charge in [0.2, 0.25) is 0 Å². The van der Waals surface area contributed by atoms with E-state index in [1.807, 2.05) is 30.3 Å². The van der Waals surface area contributed by atoms with Crippen LogP contribution in [0.5, 0.6) is 5.75 Å². The number of imidazole rings is 2. The minimum absolute atomic E-state index is 0.674. The van der Waals surface area contributed by atoms with Crippen LogP contribution in [0.2, 0.25) is 0 Å². The van der Waals surface area contributed by atoms with E-state index in [4.69, 9.17) is 21.1 Å². The number of aromatic nitrogens is 4. The second-order valence-electron chi connectivity index (χ2n) is 9.93. The largest absolute Gasteiger partial charge is 0.494 e. The Balaban J connectivity index is 1.18. The van der Waals surface area contributed by atoms with Gasteiger partial charge in [0.1, 0.15) is 17.4 Å². The molecule has 2 aromatic heterocycles. The van der Waals surface area contributed by atoms with Crippen LogP contribution in [0, 0.1) is 12.3 Å². The van der Waals surface area contributed by atoms with Gasteiger partial charge in [-0.2, -0.15) is 0 Å². The van der Waals surface area contributed by atoms with Crippen molar-refractivity contribution in [2.45, 2.75) is 19.3 Å². The number of ether oxygens (including phenoxy) is 1. The van der Waals surface area contributed by atoms with Crippen molar-refractivity contribution in [3.63, 3.8) is 0 Å². The van der Waals surface area contributed by atoms with Gasteiger partial charge in [-0.15, -0.1) is 12.3 Å². The lowest BCUT2D eigenvalue weighted by atomic mass is 10.2. The van der Waals surface area contributed by atoms with E-state index >= 15 is 0 Å². The van der Waals surface area contributed by atoms with E-state index in [9.17, 15) is 0 Å². The number of H-pyrrole nitrogens is 2. The van der Waals surface area contributed by atoms with Gasteiger partial charge in [-0.25, -0.2) is 9.97 Å². The second kappa shape index (κ2) is 10.6. The van der Waals surface area contributed by atoms with E-state index in [0.29, 0.717) is 6.61 Å². The van der Waals surface area contributed by atoms with Crippen molar-refractivity contribution < 1.29 is 4.74 Å². The van der Waals surface area contributed by atoms with Crippen LogP contribution < -0.4 is 9.64 Å². The Hall–Kier alpha value is -4.28. The van der Waals surface area contributed by atoms with Crippen molar-refractivity contribution >= 4 is 27.8 Å². The van der Waals surface area contributed by atoms with Gasteiger partial charge in [0.15, 0.2) is 0 Å². The molecular weight excluding hydrogens is 472 g/mol. The first-order valence-corrected chi connectivity index (χ1v) is 13.3. The fraction of sp³-hybridized carbons (Fsp3) is 0.290. The van der Waals surface area contributed by atoms with Gasteiger partial charge < -0.3 is 24.5 Å². The van der Waals surface area contributed by atoms with Crippen LogP contribution in [-0.2, 0) is 0 Å². The zero-order chi connectivity index (χ0) is 25.9. The second-order valence-corrected chi connectivity index (χ2v) is 9.93. The number of nitrogens with zero attached hydrogens (tertiary/aromatic N) is 4.